The fourth-order valence-corrected chi connectivity index (χ4v) is 0.0556. The smallest absolute Gasteiger partial charge is 0.142 e. The summed E-state index contributed by atoms with van der Waals surface area (Å²) < 4.78 is 0. The van der Waals surface area contributed by atoms with Gasteiger partial charge in [0.25, 0.3) is 0 Å². The summed E-state index contributed by atoms with van der Waals surface area (Å²) in [6, 6.07) is 0. The molecule has 27 valence electrons. The molecular formula is C4H5O. The van der Waals surface area contributed by atoms with E-state index in [4.69, 9.17) is 0 Å². The van der Waals surface area contributed by atoms with Gasteiger partial charge in [0.2, 0.25) is 0 Å². The lowest BCUT2D eigenvalue weighted by Gasteiger charge is -1.52. The fraction of sp³-hybridized carbons (Fsp3) is 0. The van der Waals surface area contributed by atoms with Crippen LogP contribution in [0.2, 0.25) is 0 Å². The van der Waals surface area contributed by atoms with Crippen LogP contribution in [0.4, 0.5) is 0 Å². The van der Waals surface area contributed by atoms with Crippen molar-refractivity contribution >= 4 is 0 Å². The van der Waals surface area contributed by atoms with Gasteiger partial charge in [-0.3, -0.25) is 5.11 Å². The van der Waals surface area contributed by atoms with Gasteiger partial charge in [0.05, 0.1) is 0 Å². The minimum atomic E-state index is 0.688. The van der Waals surface area contributed by atoms with Crippen LogP contribution in [0.1, 0.15) is 0 Å². The van der Waals surface area contributed by atoms with Crippen molar-refractivity contribution in [2.24, 2.45) is 0 Å². The summed E-state index contributed by atoms with van der Waals surface area (Å²) in [7, 11) is 0. The monoisotopic (exact) mass is 69.0 g/mol. The van der Waals surface area contributed by atoms with Gasteiger partial charge in [0.15, 0.2) is 0 Å². The second-order valence-electron chi connectivity index (χ2n) is 0.564. The molecule has 0 N–H and O–H groups in total. The lowest BCUT2D eigenvalue weighted by molar-refractivity contribution is 0.352. The molecule has 0 rings (SSSR count). The van der Waals surface area contributed by atoms with E-state index in [1.807, 2.05) is 0 Å². The molecule has 0 saturated carbocycles. The second kappa shape index (κ2) is 3.28. The number of hydrogen-bond acceptors (Lipinski definition) is 0. The van der Waals surface area contributed by atoms with Gasteiger partial charge in [0, 0.05) is 0 Å². The molecule has 0 unspecified atom stereocenters. The number of hydrogen-bond donors (Lipinski definition) is 0. The molecule has 0 aliphatic rings. The minimum absolute atomic E-state index is 0.688. The maximum atomic E-state index is 9.28. The molecule has 1 heteroatoms. The second-order valence-corrected chi connectivity index (χ2v) is 0.564. The summed E-state index contributed by atoms with van der Waals surface area (Å²) in [6.45, 7) is 3.26. The molecule has 0 aliphatic carbocycles. The average Bonchev–Trinajstić information content (AvgIpc) is 1.41. The lowest BCUT2D eigenvalue weighted by Crippen LogP contribution is -1.37. The first-order valence-electron chi connectivity index (χ1n) is 1.31. The highest BCUT2D eigenvalue weighted by Crippen LogP contribution is 1.62. The zero-order chi connectivity index (χ0) is 4.12. The summed E-state index contributed by atoms with van der Waals surface area (Å²) >= 11 is 0. The van der Waals surface area contributed by atoms with Crippen LogP contribution in [0.5, 0.6) is 0 Å². The summed E-state index contributed by atoms with van der Waals surface area (Å²) in [5.74, 6) is 0. The van der Waals surface area contributed by atoms with Crippen molar-refractivity contribution in [1.82, 2.24) is 0 Å². The Morgan fingerprint density at radius 2 is 2.20 bits per heavy atom. The third-order valence-electron chi connectivity index (χ3n) is 0.215. The van der Waals surface area contributed by atoms with Crippen molar-refractivity contribution in [2.75, 3.05) is 0 Å². The Hall–Kier alpha value is -0.720. The molecule has 0 aromatic heterocycles. The zero-order valence-electron chi connectivity index (χ0n) is 2.85. The molecular weight excluding hydrogens is 64.0 g/mol. The van der Waals surface area contributed by atoms with Crippen LogP contribution < -0.4 is 0 Å². The van der Waals surface area contributed by atoms with Gasteiger partial charge in [-0.05, 0) is 6.08 Å². The van der Waals surface area contributed by atoms with Crippen LogP contribution in [0.3, 0.4) is 0 Å². The van der Waals surface area contributed by atoms with Crippen LogP contribution in [-0.4, -0.2) is 0 Å². The minimum Gasteiger partial charge on any atom is -0.299 e. The average molecular weight is 69.1 g/mol. The Labute approximate surface area is 31.2 Å². The van der Waals surface area contributed by atoms with Gasteiger partial charge in [-0.25, -0.2) is 0 Å². The lowest BCUT2D eigenvalue weighted by atomic mass is 10.6. The van der Waals surface area contributed by atoms with Crippen LogP contribution in [-0.2, 0) is 5.11 Å². The zero-order valence-corrected chi connectivity index (χ0v) is 2.85. The molecule has 5 heavy (non-hydrogen) atoms. The topological polar surface area (TPSA) is 19.9 Å². The van der Waals surface area contributed by atoms with Crippen molar-refractivity contribution in [3.05, 3.63) is 25.0 Å². The van der Waals surface area contributed by atoms with E-state index in [9.17, 15) is 5.11 Å². The standard InChI is InChI=1S/C4H5O/c1-2-3-4-5/h2-4H,1H2. The molecule has 0 heterocycles. The van der Waals surface area contributed by atoms with E-state index in [0.29, 0.717) is 6.26 Å². The predicted octanol–water partition coefficient (Wildman–Crippen LogP) is 1.12. The van der Waals surface area contributed by atoms with E-state index in [2.05, 4.69) is 6.58 Å². The summed E-state index contributed by atoms with van der Waals surface area (Å²) in [6.07, 6.45) is 3.46. The van der Waals surface area contributed by atoms with Crippen LogP contribution in [0.25, 0.3) is 0 Å². The molecule has 0 aromatic carbocycles. The van der Waals surface area contributed by atoms with E-state index < -0.39 is 0 Å². The largest absolute Gasteiger partial charge is 0.299 e. The van der Waals surface area contributed by atoms with Crippen molar-refractivity contribution in [3.8, 4) is 0 Å². The van der Waals surface area contributed by atoms with Gasteiger partial charge in [-0.2, -0.15) is 0 Å². The van der Waals surface area contributed by atoms with Gasteiger partial charge < -0.3 is 0 Å². The third-order valence-corrected chi connectivity index (χ3v) is 0.215. The quantitative estimate of drug-likeness (QED) is 0.325. The molecule has 0 saturated heterocycles. The molecule has 0 spiro atoms. The molecule has 0 atom stereocenters. The molecule has 0 amide bonds. The fourth-order valence-electron chi connectivity index (χ4n) is 0.0556. The molecule has 0 aliphatic heterocycles. The Morgan fingerprint density at radius 3 is 2.20 bits per heavy atom. The van der Waals surface area contributed by atoms with Crippen LogP contribution >= 0.6 is 0 Å². The van der Waals surface area contributed by atoms with E-state index in [0.717, 1.165) is 0 Å². The van der Waals surface area contributed by atoms with Gasteiger partial charge >= 0.3 is 0 Å². The Bertz CT molecular complexity index is 45.6. The van der Waals surface area contributed by atoms with Crippen molar-refractivity contribution in [1.29, 1.82) is 0 Å². The Kier molecular flexibility index (Phi) is 2.81. The van der Waals surface area contributed by atoms with Gasteiger partial charge in [0.1, 0.15) is 6.26 Å². The SMILES string of the molecule is C=CC=C[O]. The maximum Gasteiger partial charge on any atom is 0.142 e. The molecule has 1 radical (unpaired) electrons. The van der Waals surface area contributed by atoms with Gasteiger partial charge in [-0.1, -0.05) is 12.7 Å². The molecule has 0 bridgehead atoms. The van der Waals surface area contributed by atoms with Crippen LogP contribution in [0.15, 0.2) is 25.0 Å². The van der Waals surface area contributed by atoms with Crippen molar-refractivity contribution in [2.45, 2.75) is 0 Å². The van der Waals surface area contributed by atoms with Crippen molar-refractivity contribution < 1.29 is 5.11 Å². The molecule has 0 fully saturated rings. The first-order valence-corrected chi connectivity index (χ1v) is 1.31. The maximum absolute atomic E-state index is 9.28. The highest BCUT2D eigenvalue weighted by Gasteiger charge is 1.47. The van der Waals surface area contributed by atoms with Gasteiger partial charge in [-0.15, -0.1) is 0 Å². The predicted molar refractivity (Wildman–Crippen MR) is 20.0 cm³/mol. The normalized spacial score (nSPS) is 8.80. The van der Waals surface area contributed by atoms with E-state index in [1.165, 1.54) is 12.2 Å². The van der Waals surface area contributed by atoms with E-state index in [-0.39, 0.29) is 0 Å². The van der Waals surface area contributed by atoms with Crippen LogP contribution in [0, 0.1) is 0 Å². The first-order chi connectivity index (χ1) is 2.41. The highest BCUT2D eigenvalue weighted by atomic mass is 16.2. The third kappa shape index (κ3) is 3.28. The highest BCUT2D eigenvalue weighted by molar-refractivity contribution is 4.91. The summed E-state index contributed by atoms with van der Waals surface area (Å²) in [5, 5.41) is 9.28. The molecule has 1 nitrogen and oxygen atoms in total. The Morgan fingerprint density at radius 1 is 1.60 bits per heavy atom. The Balaban J connectivity index is 2.92. The van der Waals surface area contributed by atoms with E-state index in [1.54, 1.807) is 0 Å². The summed E-state index contributed by atoms with van der Waals surface area (Å²) in [5.41, 5.74) is 0. The van der Waals surface area contributed by atoms with Crippen molar-refractivity contribution in [3.63, 3.8) is 0 Å². The molecule has 0 aromatic rings. The number of rotatable bonds is 1. The summed E-state index contributed by atoms with van der Waals surface area (Å²) in [4.78, 5) is 0. The van der Waals surface area contributed by atoms with E-state index >= 15 is 0 Å². The number of allylic oxidation sites excluding steroid dienone is 2. The first kappa shape index (κ1) is 4.28.